The molecule has 0 unspecified atom stereocenters. The van der Waals surface area contributed by atoms with E-state index < -0.39 is 10.0 Å². The number of morpholine rings is 1. The number of rotatable bonds is 9. The highest BCUT2D eigenvalue weighted by molar-refractivity contribution is 7.89. The van der Waals surface area contributed by atoms with Crippen LogP contribution in [0.2, 0.25) is 0 Å². The van der Waals surface area contributed by atoms with Crippen LogP contribution in [0.5, 0.6) is 11.5 Å². The first-order valence-electron chi connectivity index (χ1n) is 11.5. The van der Waals surface area contributed by atoms with Crippen LogP contribution in [-0.2, 0) is 25.0 Å². The molecule has 8 nitrogen and oxygen atoms in total. The maximum absolute atomic E-state index is 13.0. The van der Waals surface area contributed by atoms with Gasteiger partial charge in [0.1, 0.15) is 11.5 Å². The summed E-state index contributed by atoms with van der Waals surface area (Å²) in [5, 5.41) is 2.77. The van der Waals surface area contributed by atoms with Gasteiger partial charge in [-0.05, 0) is 48.2 Å². The fourth-order valence-electron chi connectivity index (χ4n) is 3.51. The maximum Gasteiger partial charge on any atom is 0.243 e. The molecule has 34 heavy (non-hydrogen) atoms. The molecule has 2 aromatic carbocycles. The second kappa shape index (κ2) is 11.2. The summed E-state index contributed by atoms with van der Waals surface area (Å²) >= 11 is 0. The Balaban J connectivity index is 1.64. The smallest absolute Gasteiger partial charge is 0.243 e. The zero-order chi connectivity index (χ0) is 24.8. The minimum absolute atomic E-state index is 0.0560. The first-order valence-corrected chi connectivity index (χ1v) is 12.9. The lowest BCUT2D eigenvalue weighted by molar-refractivity contribution is -0.116. The predicted molar refractivity (Wildman–Crippen MR) is 131 cm³/mol. The van der Waals surface area contributed by atoms with Crippen molar-refractivity contribution in [3.8, 4) is 11.5 Å². The van der Waals surface area contributed by atoms with Crippen LogP contribution in [0.25, 0.3) is 0 Å². The predicted octanol–water partition coefficient (Wildman–Crippen LogP) is 3.81. The number of amides is 1. The summed E-state index contributed by atoms with van der Waals surface area (Å²) in [5.74, 6) is 0.804. The third kappa shape index (κ3) is 6.71. The first kappa shape index (κ1) is 26.0. The number of hydrogen-bond acceptors (Lipinski definition) is 6. The molecule has 1 aliphatic rings. The summed E-state index contributed by atoms with van der Waals surface area (Å²) in [7, 11) is -3.70. The number of nitrogens with one attached hydrogen (secondary N) is 1. The molecule has 0 spiro atoms. The van der Waals surface area contributed by atoms with Crippen LogP contribution in [0.4, 0.5) is 5.69 Å². The molecule has 1 amide bonds. The third-order valence-corrected chi connectivity index (χ3v) is 7.35. The van der Waals surface area contributed by atoms with Crippen molar-refractivity contribution in [1.82, 2.24) is 4.31 Å². The van der Waals surface area contributed by atoms with E-state index in [4.69, 9.17) is 14.2 Å². The Bertz CT molecular complexity index is 1070. The summed E-state index contributed by atoms with van der Waals surface area (Å²) in [5.41, 5.74) is 1.57. The van der Waals surface area contributed by atoms with Crippen molar-refractivity contribution in [1.29, 1.82) is 0 Å². The van der Waals surface area contributed by atoms with Gasteiger partial charge < -0.3 is 19.5 Å². The first-order chi connectivity index (χ1) is 16.1. The molecule has 1 fully saturated rings. The monoisotopic (exact) mass is 490 g/mol. The van der Waals surface area contributed by atoms with Gasteiger partial charge in [0.2, 0.25) is 15.9 Å². The van der Waals surface area contributed by atoms with Gasteiger partial charge in [-0.1, -0.05) is 32.9 Å². The van der Waals surface area contributed by atoms with Crippen LogP contribution in [0.3, 0.4) is 0 Å². The lowest BCUT2D eigenvalue weighted by Crippen LogP contribution is -2.40. The number of hydrogen-bond donors (Lipinski definition) is 1. The molecule has 1 saturated heterocycles. The molecule has 186 valence electrons. The van der Waals surface area contributed by atoms with Crippen LogP contribution >= 0.6 is 0 Å². The molecule has 1 aliphatic heterocycles. The number of ether oxygens (including phenoxy) is 3. The van der Waals surface area contributed by atoms with E-state index in [0.717, 1.165) is 0 Å². The van der Waals surface area contributed by atoms with Crippen molar-refractivity contribution >= 4 is 21.6 Å². The Morgan fingerprint density at radius 1 is 1.06 bits per heavy atom. The lowest BCUT2D eigenvalue weighted by Gasteiger charge is -2.26. The van der Waals surface area contributed by atoms with Crippen LogP contribution < -0.4 is 14.8 Å². The molecule has 0 bridgehead atoms. The minimum atomic E-state index is -3.70. The Labute approximate surface area is 202 Å². The number of nitrogens with zero attached hydrogens (tertiary/aromatic N) is 1. The van der Waals surface area contributed by atoms with Crippen LogP contribution in [0, 0.1) is 0 Å². The molecule has 1 N–H and O–H groups in total. The highest BCUT2D eigenvalue weighted by Gasteiger charge is 2.27. The number of carbonyl (C=O) groups excluding carboxylic acids is 1. The van der Waals surface area contributed by atoms with Gasteiger partial charge in [0.25, 0.3) is 0 Å². The van der Waals surface area contributed by atoms with Crippen molar-refractivity contribution in [2.45, 2.75) is 44.4 Å². The fourth-order valence-corrected chi connectivity index (χ4v) is 4.94. The highest BCUT2D eigenvalue weighted by atomic mass is 32.2. The van der Waals surface area contributed by atoms with E-state index in [1.165, 1.54) is 22.0 Å². The number of anilines is 1. The summed E-state index contributed by atoms with van der Waals surface area (Å²) in [6.45, 7) is 10.1. The van der Waals surface area contributed by atoms with Crippen molar-refractivity contribution in [2.75, 3.05) is 44.8 Å². The second-order valence-corrected chi connectivity index (χ2v) is 11.0. The quantitative estimate of drug-likeness (QED) is 0.575. The lowest BCUT2D eigenvalue weighted by atomic mass is 9.87. The van der Waals surface area contributed by atoms with Gasteiger partial charge in [-0.2, -0.15) is 4.31 Å². The van der Waals surface area contributed by atoms with Gasteiger partial charge >= 0.3 is 0 Å². The van der Waals surface area contributed by atoms with Crippen LogP contribution in [-0.4, -0.2) is 58.1 Å². The highest BCUT2D eigenvalue weighted by Crippen LogP contribution is 2.30. The number of carbonyl (C=O) groups is 1. The molecule has 2 aromatic rings. The third-order valence-electron chi connectivity index (χ3n) is 5.45. The average Bonchev–Trinajstić information content (AvgIpc) is 2.80. The number of benzene rings is 2. The minimum Gasteiger partial charge on any atom is -0.493 e. The van der Waals surface area contributed by atoms with E-state index in [-0.39, 0.29) is 29.2 Å². The topological polar surface area (TPSA) is 94.2 Å². The van der Waals surface area contributed by atoms with Crippen molar-refractivity contribution in [3.63, 3.8) is 0 Å². The van der Waals surface area contributed by atoms with E-state index in [9.17, 15) is 13.2 Å². The SMILES string of the molecule is CCOc1ccc(S(=O)(=O)N2CCOCC2)cc1NC(=O)CCOc1ccc(C(C)(C)C)cc1. The Hall–Kier alpha value is -2.62. The largest absolute Gasteiger partial charge is 0.493 e. The maximum atomic E-state index is 13.0. The summed E-state index contributed by atoms with van der Waals surface area (Å²) < 4.78 is 44.0. The van der Waals surface area contributed by atoms with Gasteiger partial charge in [-0.15, -0.1) is 0 Å². The zero-order valence-corrected chi connectivity index (χ0v) is 21.1. The second-order valence-electron chi connectivity index (χ2n) is 9.03. The van der Waals surface area contributed by atoms with E-state index >= 15 is 0 Å². The van der Waals surface area contributed by atoms with Gasteiger partial charge in [-0.25, -0.2) is 8.42 Å². The molecular weight excluding hydrogens is 456 g/mol. The Kier molecular flexibility index (Phi) is 8.57. The van der Waals surface area contributed by atoms with Gasteiger partial charge in [-0.3, -0.25) is 4.79 Å². The van der Waals surface area contributed by atoms with E-state index in [1.54, 1.807) is 6.07 Å². The Morgan fingerprint density at radius 2 is 1.74 bits per heavy atom. The molecule has 0 atom stereocenters. The number of sulfonamides is 1. The normalized spacial score (nSPS) is 15.1. The summed E-state index contributed by atoms with van der Waals surface area (Å²) in [6.07, 6.45) is 0.104. The summed E-state index contributed by atoms with van der Waals surface area (Å²) in [4.78, 5) is 12.7. The summed E-state index contributed by atoms with van der Waals surface area (Å²) in [6, 6.07) is 12.3. The Morgan fingerprint density at radius 3 is 2.35 bits per heavy atom. The average molecular weight is 491 g/mol. The van der Waals surface area contributed by atoms with Crippen LogP contribution in [0.1, 0.15) is 39.7 Å². The molecule has 0 saturated carbocycles. The van der Waals surface area contributed by atoms with Crippen molar-refractivity contribution < 1.29 is 27.4 Å². The molecule has 3 rings (SSSR count). The van der Waals surface area contributed by atoms with E-state index in [2.05, 4.69) is 26.1 Å². The van der Waals surface area contributed by atoms with E-state index in [0.29, 0.717) is 50.1 Å². The van der Waals surface area contributed by atoms with E-state index in [1.807, 2.05) is 31.2 Å². The molecule has 9 heteroatoms. The molecule has 1 heterocycles. The van der Waals surface area contributed by atoms with Crippen LogP contribution in [0.15, 0.2) is 47.4 Å². The molecule has 0 radical (unpaired) electrons. The molecule has 0 aromatic heterocycles. The van der Waals surface area contributed by atoms with Crippen molar-refractivity contribution in [3.05, 3.63) is 48.0 Å². The standard InChI is InChI=1S/C25H34N2O6S/c1-5-32-23-11-10-21(34(29,30)27-13-16-31-17-14-27)18-22(23)26-24(28)12-15-33-20-8-6-19(7-9-20)25(2,3)4/h6-11,18H,5,12-17H2,1-4H3,(H,26,28). The van der Waals surface area contributed by atoms with Gasteiger partial charge in [0, 0.05) is 13.1 Å². The molecular formula is C25H34N2O6S. The fraction of sp³-hybridized carbons (Fsp3) is 0.480. The molecule has 0 aliphatic carbocycles. The van der Waals surface area contributed by atoms with Crippen molar-refractivity contribution in [2.24, 2.45) is 0 Å². The van der Waals surface area contributed by atoms with Gasteiger partial charge in [0.05, 0.1) is 43.4 Å². The van der Waals surface area contributed by atoms with Gasteiger partial charge in [0.15, 0.2) is 0 Å². The zero-order valence-electron chi connectivity index (χ0n) is 20.3.